The smallest absolute Gasteiger partial charge is 0.308 e. The fraction of sp³-hybridized carbons (Fsp3) is 0.421. The number of aliphatic carboxylic acids is 1. The van der Waals surface area contributed by atoms with Gasteiger partial charge in [0.15, 0.2) is 0 Å². The van der Waals surface area contributed by atoms with Crippen molar-refractivity contribution in [2.24, 2.45) is 5.92 Å². The largest absolute Gasteiger partial charge is 0.481 e. The van der Waals surface area contributed by atoms with Crippen LogP contribution in [0.15, 0.2) is 43.0 Å². The van der Waals surface area contributed by atoms with Crippen LogP contribution < -0.4 is 0 Å². The molecule has 1 aromatic heterocycles. The monoisotopic (exact) mass is 341 g/mol. The summed E-state index contributed by atoms with van der Waals surface area (Å²) in [6, 6.07) is 7.35. The number of carbonyl (C=O) groups excluding carboxylic acids is 1. The number of carboxylic acid groups (broad SMARTS) is 1. The lowest BCUT2D eigenvalue weighted by Gasteiger charge is -2.40. The molecule has 2 unspecified atom stereocenters. The molecule has 2 heterocycles. The number of rotatable bonds is 6. The van der Waals surface area contributed by atoms with Gasteiger partial charge in [0.1, 0.15) is 0 Å². The summed E-state index contributed by atoms with van der Waals surface area (Å²) < 4.78 is 1.96. The molecule has 2 aromatic rings. The quantitative estimate of drug-likeness (QED) is 0.876. The van der Waals surface area contributed by atoms with Crippen LogP contribution in [0.3, 0.4) is 0 Å². The molecule has 132 valence electrons. The van der Waals surface area contributed by atoms with E-state index >= 15 is 0 Å². The number of benzene rings is 1. The average molecular weight is 341 g/mol. The zero-order valence-corrected chi connectivity index (χ0v) is 14.3. The number of carbonyl (C=O) groups is 2. The Hall–Kier alpha value is -2.63. The summed E-state index contributed by atoms with van der Waals surface area (Å²) in [4.78, 5) is 30.2. The number of aryl methyl sites for hydroxylation is 2. The SMILES string of the molecule is Cc1ccccc1C1C(C(=O)O)CCC(=O)N1CCCn1ccnc1. The van der Waals surface area contributed by atoms with Gasteiger partial charge in [0.05, 0.1) is 18.3 Å². The summed E-state index contributed by atoms with van der Waals surface area (Å²) in [6.45, 7) is 3.26. The number of likely N-dealkylation sites (tertiary alicyclic amines) is 1. The Kier molecular flexibility index (Phi) is 5.16. The maximum absolute atomic E-state index is 12.6. The minimum atomic E-state index is -0.833. The lowest BCUT2D eigenvalue weighted by atomic mass is 9.82. The van der Waals surface area contributed by atoms with Gasteiger partial charge in [-0.25, -0.2) is 4.98 Å². The van der Waals surface area contributed by atoms with Gasteiger partial charge in [-0.1, -0.05) is 24.3 Å². The van der Waals surface area contributed by atoms with Crippen LogP contribution in [0.2, 0.25) is 0 Å². The van der Waals surface area contributed by atoms with Gasteiger partial charge in [0.2, 0.25) is 5.91 Å². The zero-order valence-electron chi connectivity index (χ0n) is 14.3. The zero-order chi connectivity index (χ0) is 17.8. The molecular formula is C19H23N3O3. The third-order valence-electron chi connectivity index (χ3n) is 4.91. The summed E-state index contributed by atoms with van der Waals surface area (Å²) in [7, 11) is 0. The van der Waals surface area contributed by atoms with Crippen LogP contribution in [-0.2, 0) is 16.1 Å². The lowest BCUT2D eigenvalue weighted by molar-refractivity contribution is -0.152. The van der Waals surface area contributed by atoms with Crippen molar-refractivity contribution in [1.29, 1.82) is 0 Å². The maximum Gasteiger partial charge on any atom is 0.308 e. The molecule has 1 aliphatic heterocycles. The Morgan fingerprint density at radius 3 is 2.80 bits per heavy atom. The van der Waals surface area contributed by atoms with E-state index in [2.05, 4.69) is 4.98 Å². The topological polar surface area (TPSA) is 75.4 Å². The van der Waals surface area contributed by atoms with Crippen LogP contribution >= 0.6 is 0 Å². The molecule has 0 saturated carbocycles. The highest BCUT2D eigenvalue weighted by molar-refractivity contribution is 5.82. The molecule has 0 radical (unpaired) electrons. The van der Waals surface area contributed by atoms with Crippen molar-refractivity contribution < 1.29 is 14.7 Å². The number of hydrogen-bond donors (Lipinski definition) is 1. The van der Waals surface area contributed by atoms with Crippen molar-refractivity contribution in [2.45, 2.75) is 38.8 Å². The van der Waals surface area contributed by atoms with Crippen LogP contribution in [0.25, 0.3) is 0 Å². The first-order chi connectivity index (χ1) is 12.1. The van der Waals surface area contributed by atoms with Crippen LogP contribution in [0, 0.1) is 12.8 Å². The van der Waals surface area contributed by atoms with E-state index in [0.29, 0.717) is 19.4 Å². The standard InChI is InChI=1S/C19H23N3O3/c1-14-5-2-3-6-15(14)18-16(19(24)25)7-8-17(23)22(18)11-4-10-21-12-9-20-13-21/h2-3,5-6,9,12-13,16,18H,4,7-8,10-11H2,1H3,(H,24,25). The molecule has 1 saturated heterocycles. The Labute approximate surface area is 147 Å². The van der Waals surface area contributed by atoms with Gasteiger partial charge in [0.25, 0.3) is 0 Å². The van der Waals surface area contributed by atoms with Crippen LogP contribution in [-0.4, -0.2) is 38.0 Å². The van der Waals surface area contributed by atoms with Gasteiger partial charge in [-0.3, -0.25) is 9.59 Å². The molecule has 6 nitrogen and oxygen atoms in total. The third kappa shape index (κ3) is 3.73. The van der Waals surface area contributed by atoms with Crippen molar-refractivity contribution in [3.05, 3.63) is 54.1 Å². The predicted molar refractivity (Wildman–Crippen MR) is 92.8 cm³/mol. The molecule has 6 heteroatoms. The van der Waals surface area contributed by atoms with Gasteiger partial charge in [-0.15, -0.1) is 0 Å². The third-order valence-corrected chi connectivity index (χ3v) is 4.91. The average Bonchev–Trinajstić information content (AvgIpc) is 3.10. The lowest BCUT2D eigenvalue weighted by Crippen LogP contribution is -2.46. The van der Waals surface area contributed by atoms with Crippen LogP contribution in [0.4, 0.5) is 0 Å². The summed E-state index contributed by atoms with van der Waals surface area (Å²) in [5, 5.41) is 9.69. The van der Waals surface area contributed by atoms with Gasteiger partial charge >= 0.3 is 5.97 Å². The number of imidazole rings is 1. The first-order valence-electron chi connectivity index (χ1n) is 8.61. The molecule has 1 N–H and O–H groups in total. The fourth-order valence-electron chi connectivity index (χ4n) is 3.62. The molecule has 1 fully saturated rings. The Morgan fingerprint density at radius 2 is 2.12 bits per heavy atom. The highest BCUT2D eigenvalue weighted by atomic mass is 16.4. The minimum absolute atomic E-state index is 0.0383. The molecule has 25 heavy (non-hydrogen) atoms. The number of piperidine rings is 1. The Balaban J connectivity index is 1.84. The molecule has 0 spiro atoms. The van der Waals surface area contributed by atoms with E-state index in [0.717, 1.165) is 24.1 Å². The highest BCUT2D eigenvalue weighted by Crippen LogP contribution is 2.38. The van der Waals surface area contributed by atoms with E-state index in [1.165, 1.54) is 0 Å². The van der Waals surface area contributed by atoms with Crippen molar-refractivity contribution in [2.75, 3.05) is 6.54 Å². The van der Waals surface area contributed by atoms with Crippen molar-refractivity contribution >= 4 is 11.9 Å². The van der Waals surface area contributed by atoms with Gasteiger partial charge in [-0.05, 0) is 30.9 Å². The van der Waals surface area contributed by atoms with Gasteiger partial charge < -0.3 is 14.6 Å². The number of carboxylic acids is 1. The van der Waals surface area contributed by atoms with Crippen molar-refractivity contribution in [1.82, 2.24) is 14.5 Å². The van der Waals surface area contributed by atoms with E-state index in [1.807, 2.05) is 42.0 Å². The van der Waals surface area contributed by atoms with Crippen LogP contribution in [0.1, 0.15) is 36.4 Å². The number of nitrogens with zero attached hydrogens (tertiary/aromatic N) is 3. The van der Waals surface area contributed by atoms with E-state index in [4.69, 9.17) is 0 Å². The van der Waals surface area contributed by atoms with Crippen molar-refractivity contribution in [3.8, 4) is 0 Å². The molecule has 1 aromatic carbocycles. The van der Waals surface area contributed by atoms with Gasteiger partial charge in [-0.2, -0.15) is 0 Å². The Bertz CT molecular complexity index is 742. The van der Waals surface area contributed by atoms with E-state index in [1.54, 1.807) is 17.4 Å². The second-order valence-electron chi connectivity index (χ2n) is 6.53. The highest BCUT2D eigenvalue weighted by Gasteiger charge is 2.40. The normalized spacial score (nSPS) is 20.7. The maximum atomic E-state index is 12.6. The number of amides is 1. The Morgan fingerprint density at radius 1 is 1.32 bits per heavy atom. The number of aromatic nitrogens is 2. The van der Waals surface area contributed by atoms with Crippen LogP contribution in [0.5, 0.6) is 0 Å². The van der Waals surface area contributed by atoms with Gasteiger partial charge in [0, 0.05) is 31.9 Å². The molecule has 1 amide bonds. The number of hydrogen-bond acceptors (Lipinski definition) is 3. The fourth-order valence-corrected chi connectivity index (χ4v) is 3.62. The molecule has 0 aliphatic carbocycles. The first-order valence-corrected chi connectivity index (χ1v) is 8.61. The molecule has 0 bridgehead atoms. The molecule has 1 aliphatic rings. The summed E-state index contributed by atoms with van der Waals surface area (Å²) >= 11 is 0. The van der Waals surface area contributed by atoms with Crippen molar-refractivity contribution in [3.63, 3.8) is 0 Å². The second-order valence-corrected chi connectivity index (χ2v) is 6.53. The summed E-state index contributed by atoms with van der Waals surface area (Å²) in [6.07, 6.45) is 6.81. The molecular weight excluding hydrogens is 318 g/mol. The molecule has 3 rings (SSSR count). The minimum Gasteiger partial charge on any atom is -0.481 e. The van der Waals surface area contributed by atoms with E-state index in [-0.39, 0.29) is 5.91 Å². The van der Waals surface area contributed by atoms with E-state index < -0.39 is 17.9 Å². The molecule has 2 atom stereocenters. The summed E-state index contributed by atoms with van der Waals surface area (Å²) in [5.74, 6) is -1.36. The summed E-state index contributed by atoms with van der Waals surface area (Å²) in [5.41, 5.74) is 1.96. The predicted octanol–water partition coefficient (Wildman–Crippen LogP) is 2.65. The first kappa shape index (κ1) is 17.2. The second kappa shape index (κ2) is 7.51. The van der Waals surface area contributed by atoms with E-state index in [9.17, 15) is 14.7 Å².